The second-order valence-electron chi connectivity index (χ2n) is 4.67. The Bertz CT molecular complexity index is 498. The van der Waals surface area contributed by atoms with Crippen LogP contribution in [-0.4, -0.2) is 30.8 Å². The fraction of sp³-hybridized carbons (Fsp3) is 0.357. The zero-order chi connectivity index (χ0) is 13.8. The number of allylic oxidation sites excluding steroid dienone is 1. The molecular formula is C14H20N4O. The first kappa shape index (κ1) is 13.3. The molecule has 0 aliphatic carbocycles. The summed E-state index contributed by atoms with van der Waals surface area (Å²) >= 11 is 0. The summed E-state index contributed by atoms with van der Waals surface area (Å²) in [4.78, 5) is 2.23. The van der Waals surface area contributed by atoms with Gasteiger partial charge in [-0.2, -0.15) is 0 Å². The molecule has 1 aromatic rings. The van der Waals surface area contributed by atoms with E-state index in [1.54, 1.807) is 12.1 Å². The van der Waals surface area contributed by atoms with Crippen molar-refractivity contribution < 1.29 is 4.74 Å². The van der Waals surface area contributed by atoms with Gasteiger partial charge in [0.15, 0.2) is 0 Å². The third kappa shape index (κ3) is 2.99. The van der Waals surface area contributed by atoms with E-state index < -0.39 is 0 Å². The number of anilines is 2. The van der Waals surface area contributed by atoms with Crippen molar-refractivity contribution >= 4 is 17.6 Å². The lowest BCUT2D eigenvalue weighted by Crippen LogP contribution is -2.23. The molecule has 0 radical (unpaired) electrons. The predicted octanol–water partition coefficient (Wildman–Crippen LogP) is 1.84. The molecule has 0 atom stereocenters. The Hall–Kier alpha value is -2.17. The van der Waals surface area contributed by atoms with Gasteiger partial charge < -0.3 is 26.5 Å². The molecule has 5 heteroatoms. The second kappa shape index (κ2) is 5.65. The van der Waals surface area contributed by atoms with Crippen LogP contribution in [0.1, 0.15) is 18.4 Å². The van der Waals surface area contributed by atoms with E-state index in [4.69, 9.17) is 21.6 Å². The van der Waals surface area contributed by atoms with Crippen molar-refractivity contribution in [1.82, 2.24) is 4.90 Å². The van der Waals surface area contributed by atoms with Crippen LogP contribution in [-0.2, 0) is 0 Å². The molecule has 5 nitrogen and oxygen atoms in total. The number of nitrogens with zero attached hydrogens (tertiary/aromatic N) is 1. The first-order valence-corrected chi connectivity index (χ1v) is 6.37. The summed E-state index contributed by atoms with van der Waals surface area (Å²) in [6, 6.07) is 3.33. The van der Waals surface area contributed by atoms with Gasteiger partial charge in [0.1, 0.15) is 12.4 Å². The van der Waals surface area contributed by atoms with Crippen molar-refractivity contribution in [3.05, 3.63) is 30.0 Å². The maximum atomic E-state index is 7.21. The van der Waals surface area contributed by atoms with Crippen molar-refractivity contribution in [2.75, 3.05) is 31.2 Å². The zero-order valence-electron chi connectivity index (χ0n) is 11.0. The zero-order valence-corrected chi connectivity index (χ0v) is 11.0. The molecule has 5 N–H and O–H groups in total. The van der Waals surface area contributed by atoms with Crippen molar-refractivity contribution in [2.45, 2.75) is 12.8 Å². The van der Waals surface area contributed by atoms with Crippen LogP contribution >= 0.6 is 0 Å². The molecule has 2 rings (SSSR count). The number of ether oxygens (including phenoxy) is 1. The maximum Gasteiger partial charge on any atom is 0.144 e. The number of rotatable bonds is 5. The highest BCUT2D eigenvalue weighted by molar-refractivity contribution is 5.87. The van der Waals surface area contributed by atoms with Gasteiger partial charge in [0.05, 0.1) is 12.2 Å². The summed E-state index contributed by atoms with van der Waals surface area (Å²) in [6.07, 6.45) is 3.43. The average Bonchev–Trinajstić information content (AvgIpc) is 2.79. The van der Waals surface area contributed by atoms with Crippen molar-refractivity contribution in [2.24, 2.45) is 0 Å². The average molecular weight is 260 g/mol. The Balaban J connectivity index is 1.94. The number of hydrogen-bond donors (Lipinski definition) is 3. The lowest BCUT2D eigenvalue weighted by atomic mass is 10.1. The van der Waals surface area contributed by atoms with Gasteiger partial charge in [0.2, 0.25) is 0 Å². The van der Waals surface area contributed by atoms with Crippen molar-refractivity contribution in [1.29, 1.82) is 5.41 Å². The van der Waals surface area contributed by atoms with E-state index in [1.807, 2.05) is 0 Å². The lowest BCUT2D eigenvalue weighted by Gasteiger charge is -2.19. The normalized spacial score (nSPS) is 14.7. The van der Waals surface area contributed by atoms with Gasteiger partial charge in [0.25, 0.3) is 0 Å². The van der Waals surface area contributed by atoms with E-state index in [-0.39, 0.29) is 0 Å². The Kier molecular flexibility index (Phi) is 3.94. The van der Waals surface area contributed by atoms with Crippen LogP contribution in [0.4, 0.5) is 11.4 Å². The van der Waals surface area contributed by atoms with E-state index in [0.717, 1.165) is 19.5 Å². The molecule has 1 aromatic carbocycles. The van der Waals surface area contributed by atoms with Crippen LogP contribution in [0.25, 0.3) is 0 Å². The second-order valence-corrected chi connectivity index (χ2v) is 4.67. The van der Waals surface area contributed by atoms with E-state index in [2.05, 4.69) is 11.5 Å². The summed E-state index contributed by atoms with van der Waals surface area (Å²) in [5.41, 5.74) is 14.5. The third-order valence-corrected chi connectivity index (χ3v) is 3.33. The van der Waals surface area contributed by atoms with Gasteiger partial charge in [-0.15, -0.1) is 0 Å². The van der Waals surface area contributed by atoms with Gasteiger partial charge in [-0.05, 0) is 18.9 Å². The Morgan fingerprint density at radius 3 is 2.79 bits per heavy atom. The number of likely N-dealkylation sites (tertiary alicyclic amines) is 1. The number of nitrogens with two attached hydrogens (primary N) is 2. The summed E-state index contributed by atoms with van der Waals surface area (Å²) in [5, 5.41) is 7.21. The Labute approximate surface area is 113 Å². The van der Waals surface area contributed by atoms with Crippen molar-refractivity contribution in [3.8, 4) is 5.75 Å². The SMILES string of the molecule is C=C1CCCN1CCOc1cc(N)c(C=N)cc1N. The first-order chi connectivity index (χ1) is 9.11. The number of hydrogen-bond acceptors (Lipinski definition) is 5. The smallest absolute Gasteiger partial charge is 0.144 e. The first-order valence-electron chi connectivity index (χ1n) is 6.37. The minimum absolute atomic E-state index is 0.504. The van der Waals surface area contributed by atoms with Crippen LogP contribution in [0.3, 0.4) is 0 Å². The molecule has 1 fully saturated rings. The minimum Gasteiger partial charge on any atom is -0.490 e. The maximum absolute atomic E-state index is 7.21. The van der Waals surface area contributed by atoms with Crippen LogP contribution < -0.4 is 16.2 Å². The fourth-order valence-electron chi connectivity index (χ4n) is 2.21. The minimum atomic E-state index is 0.504. The quantitative estimate of drug-likeness (QED) is 0.556. The molecular weight excluding hydrogens is 240 g/mol. The molecule has 1 saturated heterocycles. The van der Waals surface area contributed by atoms with Crippen LogP contribution in [0.5, 0.6) is 5.75 Å². The highest BCUT2D eigenvalue weighted by Gasteiger charge is 2.14. The Morgan fingerprint density at radius 2 is 2.16 bits per heavy atom. The highest BCUT2D eigenvalue weighted by atomic mass is 16.5. The molecule has 102 valence electrons. The lowest BCUT2D eigenvalue weighted by molar-refractivity contribution is 0.259. The van der Waals surface area contributed by atoms with E-state index >= 15 is 0 Å². The van der Waals surface area contributed by atoms with Gasteiger partial charge >= 0.3 is 0 Å². The standard InChI is InChI=1S/C14H20N4O/c1-10-3-2-4-18(10)5-6-19-14-8-12(16)11(9-15)7-13(14)17/h7-9,15H,1-6,16-17H2. The molecule has 1 heterocycles. The molecule has 0 spiro atoms. The molecule has 1 aliphatic heterocycles. The van der Waals surface area contributed by atoms with Gasteiger partial charge in [-0.1, -0.05) is 6.58 Å². The molecule has 19 heavy (non-hydrogen) atoms. The van der Waals surface area contributed by atoms with E-state index in [9.17, 15) is 0 Å². The molecule has 0 unspecified atom stereocenters. The van der Waals surface area contributed by atoms with Gasteiger partial charge in [-0.3, -0.25) is 0 Å². The summed E-state index contributed by atoms with van der Waals surface area (Å²) < 4.78 is 5.66. The number of nitrogens with one attached hydrogen (secondary N) is 1. The van der Waals surface area contributed by atoms with Crippen LogP contribution in [0.2, 0.25) is 0 Å². The van der Waals surface area contributed by atoms with E-state index in [0.29, 0.717) is 29.3 Å². The third-order valence-electron chi connectivity index (χ3n) is 3.33. The predicted molar refractivity (Wildman–Crippen MR) is 78.6 cm³/mol. The van der Waals surface area contributed by atoms with Gasteiger partial charge in [0, 0.05) is 35.8 Å². The van der Waals surface area contributed by atoms with Crippen LogP contribution in [0, 0.1) is 5.41 Å². The highest BCUT2D eigenvalue weighted by Crippen LogP contribution is 2.27. The molecule has 1 aliphatic rings. The summed E-state index contributed by atoms with van der Waals surface area (Å²) in [7, 11) is 0. The fourth-order valence-corrected chi connectivity index (χ4v) is 2.21. The molecule has 0 bridgehead atoms. The van der Waals surface area contributed by atoms with E-state index in [1.165, 1.54) is 18.3 Å². The number of benzene rings is 1. The number of nitrogen functional groups attached to an aromatic ring is 2. The van der Waals surface area contributed by atoms with Gasteiger partial charge in [-0.25, -0.2) is 0 Å². The summed E-state index contributed by atoms with van der Waals surface area (Å²) in [6.45, 7) is 6.42. The molecule has 0 amide bonds. The topological polar surface area (TPSA) is 88.4 Å². The molecule has 0 saturated carbocycles. The van der Waals surface area contributed by atoms with Crippen LogP contribution in [0.15, 0.2) is 24.4 Å². The molecule has 0 aromatic heterocycles. The Morgan fingerprint density at radius 1 is 1.37 bits per heavy atom. The largest absolute Gasteiger partial charge is 0.490 e. The monoisotopic (exact) mass is 260 g/mol. The summed E-state index contributed by atoms with van der Waals surface area (Å²) in [5.74, 6) is 0.577. The van der Waals surface area contributed by atoms with Crippen molar-refractivity contribution in [3.63, 3.8) is 0 Å².